The summed E-state index contributed by atoms with van der Waals surface area (Å²) in [6.07, 6.45) is 12.7. The molecule has 0 amide bonds. The molecule has 1 fully saturated rings. The van der Waals surface area contributed by atoms with Crippen LogP contribution >= 0.6 is 0 Å². The van der Waals surface area contributed by atoms with E-state index in [2.05, 4.69) is 17.7 Å². The summed E-state index contributed by atoms with van der Waals surface area (Å²) < 4.78 is 0. The van der Waals surface area contributed by atoms with Crippen molar-refractivity contribution in [2.75, 3.05) is 0 Å². The highest BCUT2D eigenvalue weighted by atomic mass is 16.1. The molecule has 0 aromatic heterocycles. The fourth-order valence-corrected chi connectivity index (χ4v) is 5.58. The number of hydrogen-bond acceptors (Lipinski definition) is 2. The molecule has 0 N–H and O–H groups in total. The highest BCUT2D eigenvalue weighted by Crippen LogP contribution is 2.64. The number of allylic oxidation sites excluding steroid dienone is 4. The van der Waals surface area contributed by atoms with E-state index in [4.69, 9.17) is 13.0 Å². The zero-order valence-corrected chi connectivity index (χ0v) is 15.5. The van der Waals surface area contributed by atoms with Gasteiger partial charge in [-0.2, -0.15) is 0 Å². The predicted molar refractivity (Wildman–Crippen MR) is 97.1 cm³/mol. The summed E-state index contributed by atoms with van der Waals surface area (Å²) in [6, 6.07) is 0. The van der Waals surface area contributed by atoms with Crippen LogP contribution in [0.2, 0.25) is 0 Å². The van der Waals surface area contributed by atoms with E-state index in [1.807, 2.05) is 20.8 Å². The van der Waals surface area contributed by atoms with Gasteiger partial charge in [-0.15, -0.1) is 6.42 Å². The molecule has 0 saturated heterocycles. The zero-order chi connectivity index (χ0) is 18.6. The Morgan fingerprint density at radius 1 is 1.36 bits per heavy atom. The van der Waals surface area contributed by atoms with E-state index in [1.165, 1.54) is 0 Å². The van der Waals surface area contributed by atoms with Crippen LogP contribution in [0.3, 0.4) is 0 Å². The van der Waals surface area contributed by atoms with E-state index in [-0.39, 0.29) is 29.1 Å². The van der Waals surface area contributed by atoms with E-state index in [9.17, 15) is 9.59 Å². The topological polar surface area (TPSA) is 38.5 Å². The number of carbonyl (C=O) groups excluding carboxylic acids is 2. The third kappa shape index (κ3) is 2.18. The molecule has 0 aromatic rings. The molecule has 130 valence electrons. The summed E-state index contributed by atoms with van der Waals surface area (Å²) in [5.41, 5.74) is -0.441. The molecule has 3 nitrogen and oxygen atoms in total. The standard InChI is InChI=1S/C22H25NO2/c1-7-14-12-22(8-2)10-9-17-20(3,4)19(25)15(23-6)13-21(17,5)18(22)11-16(14)24/h2,11,13-14,17H,7,9-10,12H2,1,3-5H3. The van der Waals surface area contributed by atoms with Crippen LogP contribution < -0.4 is 0 Å². The summed E-state index contributed by atoms with van der Waals surface area (Å²) in [4.78, 5) is 28.9. The first-order chi connectivity index (χ1) is 11.7. The molecule has 3 aliphatic rings. The lowest BCUT2D eigenvalue weighted by atomic mass is 9.44. The smallest absolute Gasteiger partial charge is 0.226 e. The van der Waals surface area contributed by atoms with Crippen LogP contribution in [0, 0.1) is 47.0 Å². The van der Waals surface area contributed by atoms with Crippen molar-refractivity contribution in [2.24, 2.45) is 28.1 Å². The molecule has 0 radical (unpaired) electrons. The first kappa shape index (κ1) is 17.7. The first-order valence-corrected chi connectivity index (χ1v) is 9.05. The van der Waals surface area contributed by atoms with Crippen molar-refractivity contribution < 1.29 is 9.59 Å². The molecule has 4 atom stereocenters. The lowest BCUT2D eigenvalue weighted by Crippen LogP contribution is -2.54. The molecular formula is C22H25NO2. The lowest BCUT2D eigenvalue weighted by Gasteiger charge is -2.58. The van der Waals surface area contributed by atoms with Crippen LogP contribution in [0.25, 0.3) is 4.85 Å². The molecule has 3 heteroatoms. The minimum Gasteiger partial charge on any atom is -0.307 e. The average Bonchev–Trinajstić information content (AvgIpc) is 2.58. The van der Waals surface area contributed by atoms with E-state index in [0.29, 0.717) is 6.42 Å². The highest BCUT2D eigenvalue weighted by molar-refractivity contribution is 6.03. The molecule has 3 aliphatic carbocycles. The molecule has 0 spiro atoms. The van der Waals surface area contributed by atoms with E-state index in [0.717, 1.165) is 24.8 Å². The van der Waals surface area contributed by atoms with E-state index < -0.39 is 16.2 Å². The van der Waals surface area contributed by atoms with Gasteiger partial charge < -0.3 is 4.79 Å². The number of hydrogen-bond donors (Lipinski definition) is 0. The summed E-state index contributed by atoms with van der Waals surface area (Å²) in [6.45, 7) is 15.4. The summed E-state index contributed by atoms with van der Waals surface area (Å²) >= 11 is 0. The molecule has 25 heavy (non-hydrogen) atoms. The Morgan fingerprint density at radius 2 is 2.04 bits per heavy atom. The second-order valence-electron chi connectivity index (χ2n) is 8.56. The molecule has 0 bridgehead atoms. The van der Waals surface area contributed by atoms with Gasteiger partial charge in [-0.3, -0.25) is 4.79 Å². The lowest BCUT2D eigenvalue weighted by molar-refractivity contribution is -0.130. The van der Waals surface area contributed by atoms with E-state index in [1.54, 1.807) is 12.2 Å². The monoisotopic (exact) mass is 335 g/mol. The number of Topliss-reactive ketones (excluding diaryl/α,β-unsaturated/α-hetero) is 1. The Bertz CT molecular complexity index is 801. The van der Waals surface area contributed by atoms with Gasteiger partial charge in [-0.25, -0.2) is 4.85 Å². The van der Waals surface area contributed by atoms with Gasteiger partial charge in [-0.05, 0) is 43.3 Å². The quantitative estimate of drug-likeness (QED) is 0.527. The minimum atomic E-state index is -0.629. The van der Waals surface area contributed by atoms with Crippen LogP contribution in [0.15, 0.2) is 23.4 Å². The van der Waals surface area contributed by atoms with Gasteiger partial charge in [0.2, 0.25) is 5.70 Å². The van der Waals surface area contributed by atoms with Gasteiger partial charge in [-0.1, -0.05) is 39.7 Å². The number of rotatable bonds is 1. The maximum absolute atomic E-state index is 12.7. The van der Waals surface area contributed by atoms with Crippen molar-refractivity contribution in [3.05, 3.63) is 34.8 Å². The maximum Gasteiger partial charge on any atom is 0.226 e. The van der Waals surface area contributed by atoms with Gasteiger partial charge in [0, 0.05) is 16.7 Å². The predicted octanol–water partition coefficient (Wildman–Crippen LogP) is 4.36. The molecule has 1 saturated carbocycles. The Balaban J connectivity index is 2.26. The van der Waals surface area contributed by atoms with Gasteiger partial charge in [0.15, 0.2) is 11.6 Å². The fourth-order valence-electron chi connectivity index (χ4n) is 5.58. The van der Waals surface area contributed by atoms with Crippen LogP contribution in [-0.2, 0) is 9.59 Å². The van der Waals surface area contributed by atoms with Gasteiger partial charge in [0.1, 0.15) is 0 Å². The van der Waals surface area contributed by atoms with Gasteiger partial charge in [0.05, 0.1) is 12.0 Å². The molecule has 0 aromatic carbocycles. The van der Waals surface area contributed by atoms with Crippen molar-refractivity contribution in [1.29, 1.82) is 0 Å². The second-order valence-corrected chi connectivity index (χ2v) is 8.56. The van der Waals surface area contributed by atoms with Crippen LogP contribution in [0.1, 0.15) is 53.4 Å². The van der Waals surface area contributed by atoms with Gasteiger partial charge >= 0.3 is 0 Å². The SMILES string of the molecule is [C-]#[N+]C1=CC2(C)C3=CC(=O)C(CC)CC3(C#C)CCC2C(C)(C)C1=O. The molecular weight excluding hydrogens is 310 g/mol. The molecule has 4 unspecified atom stereocenters. The normalized spacial score (nSPS) is 39.3. The largest absolute Gasteiger partial charge is 0.307 e. The zero-order valence-electron chi connectivity index (χ0n) is 15.5. The molecule has 3 rings (SSSR count). The van der Waals surface area contributed by atoms with Crippen molar-refractivity contribution in [1.82, 2.24) is 0 Å². The Labute approximate surface area is 150 Å². The van der Waals surface area contributed by atoms with E-state index >= 15 is 0 Å². The number of fused-ring (bicyclic) bond motifs is 3. The molecule has 0 heterocycles. The van der Waals surface area contributed by atoms with Crippen molar-refractivity contribution in [3.8, 4) is 12.3 Å². The maximum atomic E-state index is 12.7. The number of terminal acetylenes is 1. The third-order valence-corrected chi connectivity index (χ3v) is 6.98. The van der Waals surface area contributed by atoms with Gasteiger partial charge in [0.25, 0.3) is 0 Å². The Kier molecular flexibility index (Phi) is 3.84. The summed E-state index contributed by atoms with van der Waals surface area (Å²) in [5, 5.41) is 0. The first-order valence-electron chi connectivity index (χ1n) is 9.05. The third-order valence-electron chi connectivity index (χ3n) is 6.98. The minimum absolute atomic E-state index is 0.0255. The summed E-state index contributed by atoms with van der Waals surface area (Å²) in [5.74, 6) is 3.10. The summed E-state index contributed by atoms with van der Waals surface area (Å²) in [7, 11) is 0. The fraction of sp³-hybridized carbons (Fsp3) is 0.591. The van der Waals surface area contributed by atoms with Crippen molar-refractivity contribution in [2.45, 2.75) is 53.4 Å². The van der Waals surface area contributed by atoms with Crippen molar-refractivity contribution in [3.63, 3.8) is 0 Å². The second kappa shape index (κ2) is 5.43. The van der Waals surface area contributed by atoms with Crippen molar-refractivity contribution >= 4 is 11.6 Å². The number of ketones is 2. The number of nitrogens with zero attached hydrogens (tertiary/aromatic N) is 1. The van der Waals surface area contributed by atoms with Crippen LogP contribution in [-0.4, -0.2) is 11.6 Å². The van der Waals surface area contributed by atoms with Crippen LogP contribution in [0.4, 0.5) is 0 Å². The highest BCUT2D eigenvalue weighted by Gasteiger charge is 2.60. The average molecular weight is 335 g/mol. The number of carbonyl (C=O) groups is 2. The van der Waals surface area contributed by atoms with Crippen LogP contribution in [0.5, 0.6) is 0 Å². The Hall–Kier alpha value is -2.13. The Morgan fingerprint density at radius 3 is 2.60 bits per heavy atom. The molecule has 0 aliphatic heterocycles.